The molecule has 0 aliphatic rings. The molecule has 0 aliphatic heterocycles. The minimum Gasteiger partial charge on any atom is -0.496 e. The summed E-state index contributed by atoms with van der Waals surface area (Å²) >= 11 is 10.8. The summed E-state index contributed by atoms with van der Waals surface area (Å²) in [4.78, 5) is 0.247. The fourth-order valence-electron chi connectivity index (χ4n) is 1.80. The molecule has 110 valence electrons. The van der Waals surface area contributed by atoms with Gasteiger partial charge in [0.1, 0.15) is 17.3 Å². The van der Waals surface area contributed by atoms with Crippen LogP contribution in [-0.4, -0.2) is 12.1 Å². The van der Waals surface area contributed by atoms with Gasteiger partial charge in [0, 0.05) is 0 Å². The molecule has 3 nitrogen and oxygen atoms in total. The van der Waals surface area contributed by atoms with Gasteiger partial charge in [-0.15, -0.1) is 0 Å². The van der Waals surface area contributed by atoms with Crippen LogP contribution in [0.25, 0.3) is 0 Å². The summed E-state index contributed by atoms with van der Waals surface area (Å²) in [6, 6.07) is 9.64. The van der Waals surface area contributed by atoms with Crippen molar-refractivity contribution in [3.63, 3.8) is 0 Å². The van der Waals surface area contributed by atoms with Crippen molar-refractivity contribution in [2.75, 3.05) is 7.11 Å². The highest BCUT2D eigenvalue weighted by Crippen LogP contribution is 2.28. The predicted molar refractivity (Wildman–Crippen MR) is 84.6 cm³/mol. The zero-order chi connectivity index (χ0) is 15.4. The zero-order valence-corrected chi connectivity index (χ0v) is 12.8. The van der Waals surface area contributed by atoms with Crippen LogP contribution in [0.15, 0.2) is 36.4 Å². The molecular weight excluding hydrogens is 313 g/mol. The van der Waals surface area contributed by atoms with Crippen LogP contribution in [0.4, 0.5) is 4.39 Å². The number of ether oxygens (including phenoxy) is 2. The molecule has 0 heterocycles. The first kappa shape index (κ1) is 15.5. The van der Waals surface area contributed by atoms with E-state index in [1.807, 2.05) is 0 Å². The highest BCUT2D eigenvalue weighted by atomic mass is 35.5. The quantitative estimate of drug-likeness (QED) is 0.851. The van der Waals surface area contributed by atoms with Crippen molar-refractivity contribution in [3.8, 4) is 11.5 Å². The van der Waals surface area contributed by atoms with Crippen LogP contribution in [0.1, 0.15) is 11.1 Å². The summed E-state index contributed by atoms with van der Waals surface area (Å²) in [7, 11) is 1.52. The first-order valence-electron chi connectivity index (χ1n) is 6.06. The van der Waals surface area contributed by atoms with E-state index in [0.29, 0.717) is 11.3 Å². The van der Waals surface area contributed by atoms with Gasteiger partial charge in [0.25, 0.3) is 0 Å². The van der Waals surface area contributed by atoms with Gasteiger partial charge in [-0.05, 0) is 29.8 Å². The third kappa shape index (κ3) is 3.62. The third-order valence-corrected chi connectivity index (χ3v) is 3.35. The molecule has 0 aliphatic carbocycles. The lowest BCUT2D eigenvalue weighted by Gasteiger charge is -2.12. The van der Waals surface area contributed by atoms with E-state index in [4.69, 9.17) is 39.0 Å². The highest BCUT2D eigenvalue weighted by molar-refractivity contribution is 7.80. The maximum Gasteiger partial charge on any atom is 0.174 e. The SMILES string of the molecule is COc1cc(COc2c(F)cccc2Cl)ccc1C(N)=S. The fraction of sp³-hybridized carbons (Fsp3) is 0.133. The number of rotatable bonds is 5. The number of halogens is 2. The van der Waals surface area contributed by atoms with Crippen LogP contribution in [0.5, 0.6) is 11.5 Å². The summed E-state index contributed by atoms with van der Waals surface area (Å²) < 4.78 is 24.3. The van der Waals surface area contributed by atoms with Crippen molar-refractivity contribution in [1.82, 2.24) is 0 Å². The number of thiocarbonyl (C=S) groups is 1. The maximum atomic E-state index is 13.6. The van der Waals surface area contributed by atoms with Gasteiger partial charge in [0.05, 0.1) is 17.7 Å². The Morgan fingerprint density at radius 3 is 2.71 bits per heavy atom. The summed E-state index contributed by atoms with van der Waals surface area (Å²) in [5, 5.41) is 0.224. The van der Waals surface area contributed by atoms with Gasteiger partial charge in [-0.25, -0.2) is 4.39 Å². The van der Waals surface area contributed by atoms with Gasteiger partial charge in [0.15, 0.2) is 11.6 Å². The van der Waals surface area contributed by atoms with Crippen molar-refractivity contribution in [1.29, 1.82) is 0 Å². The number of hydrogen-bond acceptors (Lipinski definition) is 3. The van der Waals surface area contributed by atoms with Crippen molar-refractivity contribution < 1.29 is 13.9 Å². The Bertz CT molecular complexity index is 658. The number of methoxy groups -OCH3 is 1. The summed E-state index contributed by atoms with van der Waals surface area (Å²) in [6.45, 7) is 0.147. The summed E-state index contributed by atoms with van der Waals surface area (Å²) in [6.07, 6.45) is 0. The van der Waals surface area contributed by atoms with E-state index in [0.717, 1.165) is 5.56 Å². The minimum atomic E-state index is -0.505. The van der Waals surface area contributed by atoms with Crippen LogP contribution < -0.4 is 15.2 Å². The minimum absolute atomic E-state index is 0.0246. The van der Waals surface area contributed by atoms with Crippen LogP contribution in [0.2, 0.25) is 5.02 Å². The molecule has 0 unspecified atom stereocenters. The molecule has 2 aromatic rings. The normalized spacial score (nSPS) is 10.2. The number of para-hydroxylation sites is 1. The summed E-state index contributed by atoms with van der Waals surface area (Å²) in [5.41, 5.74) is 7.02. The molecule has 6 heteroatoms. The smallest absolute Gasteiger partial charge is 0.174 e. The van der Waals surface area contributed by atoms with E-state index in [-0.39, 0.29) is 22.4 Å². The largest absolute Gasteiger partial charge is 0.496 e. The molecule has 0 saturated heterocycles. The first-order chi connectivity index (χ1) is 10.0. The Balaban J connectivity index is 2.19. The molecule has 2 N–H and O–H groups in total. The molecule has 0 atom stereocenters. The number of hydrogen-bond donors (Lipinski definition) is 1. The van der Waals surface area contributed by atoms with Gasteiger partial charge in [-0.1, -0.05) is 36.0 Å². The molecule has 0 fully saturated rings. The first-order valence-corrected chi connectivity index (χ1v) is 6.85. The lowest BCUT2D eigenvalue weighted by atomic mass is 10.1. The summed E-state index contributed by atoms with van der Waals surface area (Å²) in [5.74, 6) is 0.0639. The Kier molecular flexibility index (Phi) is 4.98. The second kappa shape index (κ2) is 6.74. The van der Waals surface area contributed by atoms with Gasteiger partial charge < -0.3 is 15.2 Å². The van der Waals surface area contributed by atoms with E-state index in [9.17, 15) is 4.39 Å². The van der Waals surface area contributed by atoms with Crippen LogP contribution in [0, 0.1) is 5.82 Å². The molecule has 0 amide bonds. The topological polar surface area (TPSA) is 44.5 Å². The molecule has 0 aromatic heterocycles. The molecule has 0 radical (unpaired) electrons. The van der Waals surface area contributed by atoms with Gasteiger partial charge >= 0.3 is 0 Å². The van der Waals surface area contributed by atoms with Crippen LogP contribution in [-0.2, 0) is 6.61 Å². The molecule has 2 aromatic carbocycles. The highest BCUT2D eigenvalue weighted by Gasteiger charge is 2.10. The fourth-order valence-corrected chi connectivity index (χ4v) is 2.19. The zero-order valence-electron chi connectivity index (χ0n) is 11.2. The second-order valence-electron chi connectivity index (χ2n) is 4.24. The Labute approximate surface area is 132 Å². The Morgan fingerprint density at radius 1 is 1.33 bits per heavy atom. The van der Waals surface area contributed by atoms with E-state index in [1.165, 1.54) is 19.2 Å². The Hall–Kier alpha value is -1.85. The molecular formula is C15H13ClFNO2S. The standard InChI is InChI=1S/C15H13ClFNO2S/c1-19-13-7-9(5-6-10(13)15(18)21)8-20-14-11(16)3-2-4-12(14)17/h2-7H,8H2,1H3,(H2,18,21). The van der Waals surface area contributed by atoms with Gasteiger partial charge in [-0.3, -0.25) is 0 Å². The molecule has 21 heavy (non-hydrogen) atoms. The van der Waals surface area contributed by atoms with Crippen molar-refractivity contribution in [2.45, 2.75) is 6.61 Å². The molecule has 2 rings (SSSR count). The monoisotopic (exact) mass is 325 g/mol. The molecule has 0 spiro atoms. The van der Waals surface area contributed by atoms with E-state index in [1.54, 1.807) is 24.3 Å². The van der Waals surface area contributed by atoms with Crippen LogP contribution >= 0.6 is 23.8 Å². The van der Waals surface area contributed by atoms with E-state index in [2.05, 4.69) is 0 Å². The van der Waals surface area contributed by atoms with E-state index >= 15 is 0 Å². The number of nitrogens with two attached hydrogens (primary N) is 1. The predicted octanol–water partition coefficient (Wildman–Crippen LogP) is 3.70. The average molecular weight is 326 g/mol. The van der Waals surface area contributed by atoms with Crippen molar-refractivity contribution >= 4 is 28.8 Å². The van der Waals surface area contributed by atoms with Gasteiger partial charge in [0.2, 0.25) is 0 Å². The third-order valence-electron chi connectivity index (χ3n) is 2.83. The lowest BCUT2D eigenvalue weighted by Crippen LogP contribution is -2.11. The van der Waals surface area contributed by atoms with Gasteiger partial charge in [-0.2, -0.15) is 0 Å². The maximum absolute atomic E-state index is 13.6. The average Bonchev–Trinajstić information content (AvgIpc) is 2.46. The second-order valence-corrected chi connectivity index (χ2v) is 5.09. The number of benzene rings is 2. The van der Waals surface area contributed by atoms with Crippen LogP contribution in [0.3, 0.4) is 0 Å². The van der Waals surface area contributed by atoms with Crippen molar-refractivity contribution in [2.24, 2.45) is 5.73 Å². The Morgan fingerprint density at radius 2 is 2.10 bits per heavy atom. The van der Waals surface area contributed by atoms with E-state index < -0.39 is 5.82 Å². The molecule has 0 saturated carbocycles. The lowest BCUT2D eigenvalue weighted by molar-refractivity contribution is 0.289. The molecule has 0 bridgehead atoms. The van der Waals surface area contributed by atoms with Crippen molar-refractivity contribution in [3.05, 3.63) is 58.4 Å².